The standard InChI is InChI=1S/C30H49N3O/c1-3-5-7-9-11-13-15-17-19-23-34-28-25-32-30(33-26-28)29-22-21-27(24-31-29)20-18-16-14-12-10-8-6-4-2/h21-22,24-26H,3-20,23H2,1-2H3. The van der Waals surface area contributed by atoms with Gasteiger partial charge in [0.05, 0.1) is 19.0 Å². The lowest BCUT2D eigenvalue weighted by atomic mass is 10.0. The molecule has 2 aromatic heterocycles. The molecule has 0 saturated carbocycles. The average Bonchev–Trinajstić information content (AvgIpc) is 2.87. The van der Waals surface area contributed by atoms with E-state index in [0.717, 1.165) is 30.9 Å². The Morgan fingerprint density at radius 3 is 1.62 bits per heavy atom. The van der Waals surface area contributed by atoms with Crippen molar-refractivity contribution in [3.05, 3.63) is 36.3 Å². The zero-order valence-electron chi connectivity index (χ0n) is 22.1. The summed E-state index contributed by atoms with van der Waals surface area (Å²) in [5.74, 6) is 1.41. The van der Waals surface area contributed by atoms with E-state index in [2.05, 4.69) is 34.9 Å². The lowest BCUT2D eigenvalue weighted by molar-refractivity contribution is 0.302. The molecule has 0 aliphatic rings. The van der Waals surface area contributed by atoms with Gasteiger partial charge in [-0.05, 0) is 30.9 Å². The van der Waals surface area contributed by atoms with Gasteiger partial charge in [-0.2, -0.15) is 0 Å². The van der Waals surface area contributed by atoms with E-state index >= 15 is 0 Å². The normalized spacial score (nSPS) is 11.1. The van der Waals surface area contributed by atoms with Crippen LogP contribution in [0.1, 0.15) is 129 Å². The van der Waals surface area contributed by atoms with Gasteiger partial charge in [0.2, 0.25) is 0 Å². The van der Waals surface area contributed by atoms with E-state index in [1.54, 1.807) is 12.4 Å². The quantitative estimate of drug-likeness (QED) is 0.172. The Labute approximate surface area is 209 Å². The number of hydrogen-bond acceptors (Lipinski definition) is 4. The highest BCUT2D eigenvalue weighted by Gasteiger charge is 2.04. The predicted octanol–water partition coefficient (Wildman–Crippen LogP) is 9.13. The maximum atomic E-state index is 5.82. The van der Waals surface area contributed by atoms with Crippen LogP contribution in [0.5, 0.6) is 5.75 Å². The molecule has 4 heteroatoms. The largest absolute Gasteiger partial charge is 0.490 e. The molecule has 2 heterocycles. The second-order valence-corrected chi connectivity index (χ2v) is 9.70. The van der Waals surface area contributed by atoms with E-state index in [-0.39, 0.29) is 0 Å². The molecule has 0 aromatic carbocycles. The molecule has 2 aromatic rings. The number of ether oxygens (including phenoxy) is 1. The van der Waals surface area contributed by atoms with Gasteiger partial charge in [-0.15, -0.1) is 0 Å². The van der Waals surface area contributed by atoms with Crippen molar-refractivity contribution in [2.45, 2.75) is 129 Å². The van der Waals surface area contributed by atoms with Gasteiger partial charge in [0.25, 0.3) is 0 Å². The molecule has 0 spiro atoms. The smallest absolute Gasteiger partial charge is 0.178 e. The van der Waals surface area contributed by atoms with Gasteiger partial charge in [0.15, 0.2) is 11.6 Å². The minimum atomic E-state index is 0.661. The van der Waals surface area contributed by atoms with Crippen LogP contribution in [0.2, 0.25) is 0 Å². The van der Waals surface area contributed by atoms with Crippen molar-refractivity contribution in [2.24, 2.45) is 0 Å². The molecular formula is C30H49N3O. The van der Waals surface area contributed by atoms with Gasteiger partial charge in [-0.25, -0.2) is 9.97 Å². The van der Waals surface area contributed by atoms with E-state index in [4.69, 9.17) is 4.74 Å². The Hall–Kier alpha value is -1.97. The number of rotatable bonds is 21. The number of pyridine rings is 1. The van der Waals surface area contributed by atoms with Crippen LogP contribution >= 0.6 is 0 Å². The topological polar surface area (TPSA) is 47.9 Å². The molecule has 190 valence electrons. The third-order valence-corrected chi connectivity index (χ3v) is 6.52. The summed E-state index contributed by atoms with van der Waals surface area (Å²) < 4.78 is 5.82. The van der Waals surface area contributed by atoms with Gasteiger partial charge in [-0.1, -0.05) is 116 Å². The van der Waals surface area contributed by atoms with Gasteiger partial charge in [-0.3, -0.25) is 4.98 Å². The number of hydrogen-bond donors (Lipinski definition) is 0. The van der Waals surface area contributed by atoms with Crippen LogP contribution in [0.3, 0.4) is 0 Å². The van der Waals surface area contributed by atoms with Crippen molar-refractivity contribution in [1.29, 1.82) is 0 Å². The first-order chi connectivity index (χ1) is 16.8. The second-order valence-electron chi connectivity index (χ2n) is 9.70. The maximum Gasteiger partial charge on any atom is 0.178 e. The zero-order chi connectivity index (χ0) is 24.1. The van der Waals surface area contributed by atoms with Crippen LogP contribution in [0.15, 0.2) is 30.7 Å². The summed E-state index contributed by atoms with van der Waals surface area (Å²) in [6.07, 6.45) is 29.3. The highest BCUT2D eigenvalue weighted by atomic mass is 16.5. The second kappa shape index (κ2) is 19.3. The van der Waals surface area contributed by atoms with Crippen LogP contribution < -0.4 is 4.74 Å². The third kappa shape index (κ3) is 13.1. The summed E-state index contributed by atoms with van der Waals surface area (Å²) in [6, 6.07) is 4.21. The highest BCUT2D eigenvalue weighted by Crippen LogP contribution is 2.17. The minimum Gasteiger partial charge on any atom is -0.490 e. The predicted molar refractivity (Wildman–Crippen MR) is 144 cm³/mol. The van der Waals surface area contributed by atoms with Crippen LogP contribution in [-0.4, -0.2) is 21.6 Å². The molecule has 34 heavy (non-hydrogen) atoms. The molecule has 0 amide bonds. The fourth-order valence-electron chi connectivity index (χ4n) is 4.29. The van der Waals surface area contributed by atoms with Gasteiger partial charge in [0, 0.05) is 6.20 Å². The summed E-state index contributed by atoms with van der Waals surface area (Å²) in [4.78, 5) is 13.5. The van der Waals surface area contributed by atoms with Crippen LogP contribution in [0, 0.1) is 0 Å². The average molecular weight is 468 g/mol. The fourth-order valence-corrected chi connectivity index (χ4v) is 4.29. The fraction of sp³-hybridized carbons (Fsp3) is 0.700. The molecule has 0 radical (unpaired) electrons. The summed E-state index contributed by atoms with van der Waals surface area (Å²) >= 11 is 0. The van der Waals surface area contributed by atoms with E-state index in [1.807, 2.05) is 12.3 Å². The summed E-state index contributed by atoms with van der Waals surface area (Å²) in [5.41, 5.74) is 2.13. The minimum absolute atomic E-state index is 0.661. The molecule has 0 bridgehead atoms. The monoisotopic (exact) mass is 467 g/mol. The summed E-state index contributed by atoms with van der Waals surface area (Å²) in [7, 11) is 0. The Morgan fingerprint density at radius 1 is 0.559 bits per heavy atom. The number of nitrogens with zero attached hydrogens (tertiary/aromatic N) is 3. The maximum absolute atomic E-state index is 5.82. The van der Waals surface area contributed by atoms with Gasteiger partial charge >= 0.3 is 0 Å². The Balaban J connectivity index is 1.56. The van der Waals surface area contributed by atoms with Gasteiger partial charge in [0.1, 0.15) is 5.69 Å². The molecule has 0 aliphatic heterocycles. The summed E-state index contributed by atoms with van der Waals surface area (Å²) in [5, 5.41) is 0. The van der Waals surface area contributed by atoms with Crippen molar-refractivity contribution >= 4 is 0 Å². The lowest BCUT2D eigenvalue weighted by Gasteiger charge is -2.07. The third-order valence-electron chi connectivity index (χ3n) is 6.52. The number of unbranched alkanes of at least 4 members (excludes halogenated alkanes) is 15. The van der Waals surface area contributed by atoms with Crippen LogP contribution in [0.4, 0.5) is 0 Å². The van der Waals surface area contributed by atoms with E-state index in [9.17, 15) is 0 Å². The molecule has 0 saturated heterocycles. The van der Waals surface area contributed by atoms with E-state index < -0.39 is 0 Å². The Morgan fingerprint density at radius 2 is 1.09 bits per heavy atom. The Kier molecular flexibility index (Phi) is 16.1. The molecule has 0 atom stereocenters. The van der Waals surface area contributed by atoms with Crippen molar-refractivity contribution in [3.8, 4) is 17.3 Å². The first-order valence-electron chi connectivity index (χ1n) is 14.2. The molecule has 2 rings (SSSR count). The molecular weight excluding hydrogens is 418 g/mol. The van der Waals surface area contributed by atoms with Crippen molar-refractivity contribution in [1.82, 2.24) is 15.0 Å². The molecule has 0 aliphatic carbocycles. The zero-order valence-corrected chi connectivity index (χ0v) is 22.1. The van der Waals surface area contributed by atoms with Crippen LogP contribution in [-0.2, 0) is 6.42 Å². The first-order valence-corrected chi connectivity index (χ1v) is 14.2. The van der Waals surface area contributed by atoms with Crippen molar-refractivity contribution in [2.75, 3.05) is 6.61 Å². The number of aromatic nitrogens is 3. The van der Waals surface area contributed by atoms with Crippen LogP contribution in [0.25, 0.3) is 11.5 Å². The molecule has 0 N–H and O–H groups in total. The molecule has 0 unspecified atom stereocenters. The summed E-state index contributed by atoms with van der Waals surface area (Å²) in [6.45, 7) is 5.28. The molecule has 4 nitrogen and oxygen atoms in total. The van der Waals surface area contributed by atoms with Gasteiger partial charge < -0.3 is 4.74 Å². The Bertz CT molecular complexity index is 715. The van der Waals surface area contributed by atoms with Crippen molar-refractivity contribution in [3.63, 3.8) is 0 Å². The molecule has 0 fully saturated rings. The van der Waals surface area contributed by atoms with Crippen molar-refractivity contribution < 1.29 is 4.74 Å². The first kappa shape index (κ1) is 28.3. The number of aryl methyl sites for hydroxylation is 1. The van der Waals surface area contributed by atoms with E-state index in [0.29, 0.717) is 5.82 Å². The lowest BCUT2D eigenvalue weighted by Crippen LogP contribution is -1.99. The highest BCUT2D eigenvalue weighted by molar-refractivity contribution is 5.49. The SMILES string of the molecule is CCCCCCCCCCCOc1cnc(-c2ccc(CCCCCCCCCC)cn2)nc1. The van der Waals surface area contributed by atoms with E-state index in [1.165, 1.54) is 108 Å².